The van der Waals surface area contributed by atoms with Gasteiger partial charge in [-0.3, -0.25) is 0 Å². The Hall–Kier alpha value is -1.08. The molecule has 4 aliphatic carbocycles. The number of benzene rings is 1. The van der Waals surface area contributed by atoms with Gasteiger partial charge >= 0.3 is 0 Å². The van der Waals surface area contributed by atoms with Crippen molar-refractivity contribution in [3.63, 3.8) is 0 Å². The average molecular weight is 437 g/mol. The monoisotopic (exact) mass is 436 g/mol. The summed E-state index contributed by atoms with van der Waals surface area (Å²) in [4.78, 5) is 0. The van der Waals surface area contributed by atoms with Gasteiger partial charge in [0.15, 0.2) is 0 Å². The van der Waals surface area contributed by atoms with E-state index < -0.39 is 0 Å². The van der Waals surface area contributed by atoms with Crippen molar-refractivity contribution in [3.05, 3.63) is 47.5 Å². The van der Waals surface area contributed by atoms with Gasteiger partial charge in [-0.2, -0.15) is 0 Å². The maximum absolute atomic E-state index is 6.10. The fourth-order valence-corrected chi connectivity index (χ4v) is 7.04. The van der Waals surface area contributed by atoms with Gasteiger partial charge in [0.25, 0.3) is 0 Å². The Morgan fingerprint density at radius 2 is 1.50 bits per heavy atom. The van der Waals surface area contributed by atoms with Crippen LogP contribution in [-0.2, 0) is 10.2 Å². The molecule has 4 saturated carbocycles. The molecule has 4 fully saturated rings. The van der Waals surface area contributed by atoms with Gasteiger partial charge in [-0.05, 0) is 105 Å². The number of unbranched alkanes of at least 4 members (excludes halogenated alkanes) is 3. The minimum absolute atomic E-state index is 0.470. The number of hydrogen-bond donors (Lipinski definition) is 0. The maximum Gasteiger partial charge on any atom is 0.0651 e. The van der Waals surface area contributed by atoms with Crippen LogP contribution in [0.5, 0.6) is 0 Å². The molecule has 32 heavy (non-hydrogen) atoms. The summed E-state index contributed by atoms with van der Waals surface area (Å²) in [7, 11) is 0. The lowest BCUT2D eigenvalue weighted by atomic mass is 9.51. The zero-order chi connectivity index (χ0) is 22.3. The van der Waals surface area contributed by atoms with Crippen LogP contribution in [0.25, 0.3) is 0 Å². The largest absolute Gasteiger partial charge is 0.374 e. The number of fused-ring (bicyclic) bond motifs is 3. The number of allylic oxidation sites excluding steroid dienone is 1. The van der Waals surface area contributed by atoms with E-state index in [1.165, 1.54) is 103 Å². The Kier molecular flexibility index (Phi) is 8.55. The lowest BCUT2D eigenvalue weighted by Gasteiger charge is -2.54. The van der Waals surface area contributed by atoms with Crippen LogP contribution in [0.15, 0.2) is 36.4 Å². The average Bonchev–Trinajstić information content (AvgIpc) is 2.86. The van der Waals surface area contributed by atoms with Crippen molar-refractivity contribution in [2.24, 2.45) is 5.41 Å². The third-order valence-electron chi connectivity index (χ3n) is 9.43. The summed E-state index contributed by atoms with van der Waals surface area (Å²) in [6, 6.07) is 10.0. The highest BCUT2D eigenvalue weighted by atomic mass is 16.5. The van der Waals surface area contributed by atoms with Crippen molar-refractivity contribution < 1.29 is 4.74 Å². The Bertz CT molecular complexity index is 682. The van der Waals surface area contributed by atoms with Crippen LogP contribution in [0.4, 0.5) is 0 Å². The topological polar surface area (TPSA) is 9.23 Å². The molecule has 1 aromatic rings. The second-order valence-corrected chi connectivity index (χ2v) is 11.4. The van der Waals surface area contributed by atoms with Crippen LogP contribution >= 0.6 is 0 Å². The minimum atomic E-state index is 0.470. The Morgan fingerprint density at radius 1 is 0.812 bits per heavy atom. The smallest absolute Gasteiger partial charge is 0.0651 e. The van der Waals surface area contributed by atoms with E-state index in [0.717, 1.165) is 12.5 Å². The van der Waals surface area contributed by atoms with Crippen molar-refractivity contribution in [2.75, 3.05) is 6.61 Å². The van der Waals surface area contributed by atoms with Crippen LogP contribution in [-0.4, -0.2) is 12.7 Å². The van der Waals surface area contributed by atoms with Crippen LogP contribution in [0, 0.1) is 5.41 Å². The van der Waals surface area contributed by atoms with Gasteiger partial charge in [-0.1, -0.05) is 75.9 Å². The van der Waals surface area contributed by atoms with Crippen LogP contribution in [0.3, 0.4) is 0 Å². The lowest BCUT2D eigenvalue weighted by Crippen LogP contribution is -2.44. The quantitative estimate of drug-likeness (QED) is 0.248. The molecule has 0 atom stereocenters. The van der Waals surface area contributed by atoms with E-state index >= 15 is 0 Å². The van der Waals surface area contributed by atoms with Crippen LogP contribution < -0.4 is 0 Å². The summed E-state index contributed by atoms with van der Waals surface area (Å²) in [5.41, 5.74) is 4.44. The molecule has 2 bridgehead atoms. The van der Waals surface area contributed by atoms with Gasteiger partial charge in [0.2, 0.25) is 0 Å². The van der Waals surface area contributed by atoms with Gasteiger partial charge in [-0.15, -0.1) is 0 Å². The van der Waals surface area contributed by atoms with Gasteiger partial charge in [0.05, 0.1) is 12.7 Å². The summed E-state index contributed by atoms with van der Waals surface area (Å²) in [5, 5.41) is 0. The Morgan fingerprint density at radius 3 is 2.12 bits per heavy atom. The van der Waals surface area contributed by atoms with E-state index in [1.807, 2.05) is 0 Å². The molecule has 0 N–H and O–H groups in total. The normalized spacial score (nSPS) is 32.6. The third-order valence-corrected chi connectivity index (χ3v) is 9.43. The molecule has 0 heterocycles. The summed E-state index contributed by atoms with van der Waals surface area (Å²) in [5.74, 6) is 0.737. The molecule has 5 rings (SSSR count). The van der Waals surface area contributed by atoms with Gasteiger partial charge in [0, 0.05) is 0 Å². The molecule has 0 spiro atoms. The molecular formula is C31H48O. The zero-order valence-electron chi connectivity index (χ0n) is 21.0. The molecule has 0 saturated heterocycles. The molecule has 4 aliphatic rings. The molecule has 1 heteroatoms. The van der Waals surface area contributed by atoms with Crippen LogP contribution in [0.2, 0.25) is 0 Å². The highest BCUT2D eigenvalue weighted by molar-refractivity contribution is 5.33. The molecule has 1 aromatic carbocycles. The molecule has 0 aromatic heterocycles. The maximum atomic E-state index is 6.10. The second kappa shape index (κ2) is 11.4. The minimum Gasteiger partial charge on any atom is -0.374 e. The fourth-order valence-electron chi connectivity index (χ4n) is 7.04. The first-order valence-electron chi connectivity index (χ1n) is 14.1. The van der Waals surface area contributed by atoms with E-state index in [9.17, 15) is 0 Å². The fraction of sp³-hybridized carbons (Fsp3) is 0.742. The molecule has 0 unspecified atom stereocenters. The number of hydrogen-bond acceptors (Lipinski definition) is 1. The number of rotatable bonds is 11. The Balaban J connectivity index is 1.26. The standard InChI is InChI=1S/C31H48O/c1-3-5-7-9-25-32-29-16-12-27(13-17-29)26-10-14-28(15-11-26)31-22-19-30(20-23-31,21-24-31)18-8-6-4-2/h7,9-11,14-15,27,29H,3-6,8,12-13,16-25H2,1-2H3/b9-7+. The lowest BCUT2D eigenvalue weighted by molar-refractivity contribution is 0.0305. The van der Waals surface area contributed by atoms with Gasteiger partial charge in [-0.25, -0.2) is 0 Å². The molecule has 0 aliphatic heterocycles. The summed E-state index contributed by atoms with van der Waals surface area (Å²) < 4.78 is 6.10. The first-order valence-corrected chi connectivity index (χ1v) is 14.1. The summed E-state index contributed by atoms with van der Waals surface area (Å²) in [6.45, 7) is 5.36. The predicted octanol–water partition coefficient (Wildman–Crippen LogP) is 9.26. The highest BCUT2D eigenvalue weighted by Gasteiger charge is 2.48. The van der Waals surface area contributed by atoms with Crippen molar-refractivity contribution in [2.45, 2.75) is 134 Å². The van der Waals surface area contributed by atoms with E-state index in [0.29, 0.717) is 16.9 Å². The van der Waals surface area contributed by atoms with E-state index in [-0.39, 0.29) is 0 Å². The van der Waals surface area contributed by atoms with Crippen molar-refractivity contribution >= 4 is 0 Å². The molecule has 0 amide bonds. The first kappa shape index (κ1) is 24.1. The molecular weight excluding hydrogens is 388 g/mol. The summed E-state index contributed by atoms with van der Waals surface area (Å²) >= 11 is 0. The van der Waals surface area contributed by atoms with E-state index in [2.05, 4.69) is 50.3 Å². The predicted molar refractivity (Wildman–Crippen MR) is 137 cm³/mol. The van der Waals surface area contributed by atoms with Gasteiger partial charge in [0.1, 0.15) is 0 Å². The van der Waals surface area contributed by atoms with E-state index in [4.69, 9.17) is 4.74 Å². The zero-order valence-corrected chi connectivity index (χ0v) is 21.0. The molecule has 178 valence electrons. The van der Waals surface area contributed by atoms with E-state index in [1.54, 1.807) is 11.1 Å². The second-order valence-electron chi connectivity index (χ2n) is 11.4. The highest BCUT2D eigenvalue weighted by Crippen LogP contribution is 2.59. The van der Waals surface area contributed by atoms with Gasteiger partial charge < -0.3 is 4.74 Å². The first-order chi connectivity index (χ1) is 15.7. The van der Waals surface area contributed by atoms with Crippen molar-refractivity contribution in [3.8, 4) is 0 Å². The van der Waals surface area contributed by atoms with Crippen LogP contribution in [0.1, 0.15) is 134 Å². The SMILES string of the molecule is CCC/C=C/COC1CCC(c2ccc(C34CCC(CCCCC)(CC3)CC4)cc2)CC1. The number of ether oxygens (including phenoxy) is 1. The summed E-state index contributed by atoms with van der Waals surface area (Å²) in [6.07, 6.45) is 26.9. The molecule has 0 radical (unpaired) electrons. The van der Waals surface area contributed by atoms with Crippen molar-refractivity contribution in [1.82, 2.24) is 0 Å². The molecule has 1 nitrogen and oxygen atoms in total. The Labute approximate surface area is 198 Å². The van der Waals surface area contributed by atoms with Crippen molar-refractivity contribution in [1.29, 1.82) is 0 Å². The third kappa shape index (κ3) is 5.69.